The molecule has 58 valence electrons. The van der Waals surface area contributed by atoms with Gasteiger partial charge in [0, 0.05) is 18.3 Å². The molecular weight excluding hydrogens is 180 g/mol. The normalized spacial score (nSPS) is 10.6. The van der Waals surface area contributed by atoms with E-state index in [4.69, 9.17) is 11.6 Å². The van der Waals surface area contributed by atoms with E-state index in [-0.39, 0.29) is 0 Å². The third-order valence-corrected chi connectivity index (χ3v) is 1.83. The van der Waals surface area contributed by atoms with Crippen molar-refractivity contribution in [1.82, 2.24) is 9.97 Å². The molecule has 0 aliphatic heterocycles. The summed E-state index contributed by atoms with van der Waals surface area (Å²) in [6, 6.07) is 1.79. The van der Waals surface area contributed by atoms with E-state index in [0.29, 0.717) is 5.88 Å². The summed E-state index contributed by atoms with van der Waals surface area (Å²) in [6.45, 7) is 0. The number of halogens is 1. The standard InChI is InChI=1S/C7H7ClN2S/c8-3-1-6-11-7-9-4-2-5-10-7/h1-2,4-6H,3H2. The highest BCUT2D eigenvalue weighted by molar-refractivity contribution is 8.02. The summed E-state index contributed by atoms with van der Waals surface area (Å²) in [5, 5.41) is 2.62. The van der Waals surface area contributed by atoms with Crippen LogP contribution < -0.4 is 0 Å². The minimum atomic E-state index is 0.528. The highest BCUT2D eigenvalue weighted by Gasteiger charge is 1.88. The molecule has 0 saturated heterocycles. The Balaban J connectivity index is 2.45. The molecule has 0 bridgehead atoms. The van der Waals surface area contributed by atoms with Gasteiger partial charge in [-0.2, -0.15) is 0 Å². The van der Waals surface area contributed by atoms with E-state index in [1.807, 2.05) is 11.5 Å². The van der Waals surface area contributed by atoms with Gasteiger partial charge < -0.3 is 0 Å². The van der Waals surface area contributed by atoms with E-state index in [9.17, 15) is 0 Å². The fraction of sp³-hybridized carbons (Fsp3) is 0.143. The third kappa shape index (κ3) is 3.39. The van der Waals surface area contributed by atoms with Gasteiger partial charge in [0.15, 0.2) is 5.16 Å². The summed E-state index contributed by atoms with van der Waals surface area (Å²) in [5.74, 6) is 0.528. The number of thioether (sulfide) groups is 1. The summed E-state index contributed by atoms with van der Waals surface area (Å²) >= 11 is 6.88. The molecule has 0 spiro atoms. The van der Waals surface area contributed by atoms with E-state index < -0.39 is 0 Å². The fourth-order valence-corrected chi connectivity index (χ4v) is 1.24. The van der Waals surface area contributed by atoms with Gasteiger partial charge in [0.2, 0.25) is 0 Å². The number of hydrogen-bond acceptors (Lipinski definition) is 3. The quantitative estimate of drug-likeness (QED) is 0.412. The Morgan fingerprint density at radius 1 is 1.45 bits per heavy atom. The van der Waals surface area contributed by atoms with Crippen molar-refractivity contribution in [2.75, 3.05) is 5.88 Å². The average Bonchev–Trinajstić information content (AvgIpc) is 2.07. The number of nitrogens with zero attached hydrogens (tertiary/aromatic N) is 2. The highest BCUT2D eigenvalue weighted by Crippen LogP contribution is 2.11. The molecule has 1 aromatic heterocycles. The predicted octanol–water partition coefficient (Wildman–Crippen LogP) is 2.32. The number of aromatic nitrogens is 2. The zero-order chi connectivity index (χ0) is 7.94. The van der Waals surface area contributed by atoms with E-state index >= 15 is 0 Å². The van der Waals surface area contributed by atoms with Crippen molar-refractivity contribution >= 4 is 23.4 Å². The van der Waals surface area contributed by atoms with Gasteiger partial charge in [-0.3, -0.25) is 0 Å². The number of hydrogen-bond donors (Lipinski definition) is 0. The Kier molecular flexibility index (Phi) is 4.01. The molecule has 0 amide bonds. The molecule has 4 heteroatoms. The SMILES string of the molecule is ClCC=CSc1ncccn1. The molecule has 1 aromatic rings. The first-order valence-electron chi connectivity index (χ1n) is 3.08. The molecule has 0 fully saturated rings. The molecule has 11 heavy (non-hydrogen) atoms. The van der Waals surface area contributed by atoms with Gasteiger partial charge in [-0.15, -0.1) is 11.6 Å². The van der Waals surface area contributed by atoms with Gasteiger partial charge >= 0.3 is 0 Å². The first kappa shape index (κ1) is 8.56. The Hall–Kier alpha value is -0.540. The van der Waals surface area contributed by atoms with Crippen LogP contribution in [0, 0.1) is 0 Å². The molecule has 1 heterocycles. The van der Waals surface area contributed by atoms with E-state index in [0.717, 1.165) is 5.16 Å². The number of alkyl halides is 1. The Bertz CT molecular complexity index is 225. The van der Waals surface area contributed by atoms with Crippen molar-refractivity contribution in [3.63, 3.8) is 0 Å². The van der Waals surface area contributed by atoms with Crippen molar-refractivity contribution in [1.29, 1.82) is 0 Å². The monoisotopic (exact) mass is 186 g/mol. The van der Waals surface area contributed by atoms with E-state index in [1.165, 1.54) is 11.8 Å². The molecule has 0 saturated carbocycles. The fourth-order valence-electron chi connectivity index (χ4n) is 0.492. The third-order valence-electron chi connectivity index (χ3n) is 0.901. The van der Waals surface area contributed by atoms with Crippen molar-refractivity contribution in [3.8, 4) is 0 Å². The van der Waals surface area contributed by atoms with Crippen LogP contribution in [-0.4, -0.2) is 15.8 Å². The molecule has 0 aliphatic carbocycles. The summed E-state index contributed by atoms with van der Waals surface area (Å²) in [6.07, 6.45) is 5.27. The maximum atomic E-state index is 5.43. The average molecular weight is 187 g/mol. The lowest BCUT2D eigenvalue weighted by Crippen LogP contribution is -1.79. The second-order valence-corrected chi connectivity index (χ2v) is 2.86. The van der Waals surface area contributed by atoms with Gasteiger partial charge in [-0.05, 0) is 11.5 Å². The number of rotatable bonds is 3. The molecular formula is C7H7ClN2S. The molecule has 0 unspecified atom stereocenters. The maximum Gasteiger partial charge on any atom is 0.191 e. The van der Waals surface area contributed by atoms with E-state index in [1.54, 1.807) is 18.5 Å². The van der Waals surface area contributed by atoms with Gasteiger partial charge in [0.05, 0.1) is 0 Å². The highest BCUT2D eigenvalue weighted by atomic mass is 35.5. The molecule has 0 aromatic carbocycles. The predicted molar refractivity (Wildman–Crippen MR) is 47.7 cm³/mol. The van der Waals surface area contributed by atoms with Crippen molar-refractivity contribution in [2.24, 2.45) is 0 Å². The summed E-state index contributed by atoms with van der Waals surface area (Å²) in [5.41, 5.74) is 0. The molecule has 0 aliphatic rings. The number of allylic oxidation sites excluding steroid dienone is 1. The molecule has 0 atom stereocenters. The van der Waals surface area contributed by atoms with E-state index in [2.05, 4.69) is 9.97 Å². The minimum absolute atomic E-state index is 0.528. The summed E-state index contributed by atoms with van der Waals surface area (Å²) < 4.78 is 0. The van der Waals surface area contributed by atoms with Crippen LogP contribution in [-0.2, 0) is 0 Å². The van der Waals surface area contributed by atoms with Crippen molar-refractivity contribution < 1.29 is 0 Å². The second kappa shape index (κ2) is 5.16. The largest absolute Gasteiger partial charge is 0.231 e. The van der Waals surface area contributed by atoms with Gasteiger partial charge in [0.25, 0.3) is 0 Å². The van der Waals surface area contributed by atoms with Gasteiger partial charge in [0.1, 0.15) is 0 Å². The van der Waals surface area contributed by atoms with Crippen LogP contribution >= 0.6 is 23.4 Å². The lowest BCUT2D eigenvalue weighted by atomic mass is 10.7. The first-order valence-corrected chi connectivity index (χ1v) is 4.49. The van der Waals surface area contributed by atoms with Crippen LogP contribution in [0.4, 0.5) is 0 Å². The van der Waals surface area contributed by atoms with Crippen LogP contribution in [0.25, 0.3) is 0 Å². The van der Waals surface area contributed by atoms with Gasteiger partial charge in [-0.25, -0.2) is 9.97 Å². The second-order valence-electron chi connectivity index (χ2n) is 1.68. The summed E-state index contributed by atoms with van der Waals surface area (Å²) in [4.78, 5) is 8.02. The molecule has 0 N–H and O–H groups in total. The Morgan fingerprint density at radius 3 is 2.82 bits per heavy atom. The Labute approximate surface area is 74.7 Å². The molecule has 2 nitrogen and oxygen atoms in total. The van der Waals surface area contributed by atoms with Crippen LogP contribution in [0.1, 0.15) is 0 Å². The topological polar surface area (TPSA) is 25.8 Å². The molecule has 1 rings (SSSR count). The summed E-state index contributed by atoms with van der Waals surface area (Å²) in [7, 11) is 0. The van der Waals surface area contributed by atoms with Crippen molar-refractivity contribution in [2.45, 2.75) is 5.16 Å². The van der Waals surface area contributed by atoms with Crippen LogP contribution in [0.15, 0.2) is 35.1 Å². The lowest BCUT2D eigenvalue weighted by molar-refractivity contribution is 0.971. The lowest BCUT2D eigenvalue weighted by Gasteiger charge is -1.89. The van der Waals surface area contributed by atoms with Crippen LogP contribution in [0.5, 0.6) is 0 Å². The van der Waals surface area contributed by atoms with Crippen LogP contribution in [0.3, 0.4) is 0 Å². The molecule has 0 radical (unpaired) electrons. The van der Waals surface area contributed by atoms with Crippen molar-refractivity contribution in [3.05, 3.63) is 29.9 Å². The zero-order valence-corrected chi connectivity index (χ0v) is 7.35. The minimum Gasteiger partial charge on any atom is -0.231 e. The Morgan fingerprint density at radius 2 is 2.18 bits per heavy atom. The van der Waals surface area contributed by atoms with Gasteiger partial charge in [-0.1, -0.05) is 17.8 Å². The maximum absolute atomic E-state index is 5.43. The first-order chi connectivity index (χ1) is 5.43. The smallest absolute Gasteiger partial charge is 0.191 e. The zero-order valence-electron chi connectivity index (χ0n) is 5.77. The van der Waals surface area contributed by atoms with Crippen LogP contribution in [0.2, 0.25) is 0 Å².